The number of hydrogen-bond donors (Lipinski definition) is 1. The molecule has 15 heavy (non-hydrogen) atoms. The van der Waals surface area contributed by atoms with Crippen LogP contribution in [0.3, 0.4) is 0 Å². The van der Waals surface area contributed by atoms with Crippen molar-refractivity contribution < 1.29 is 4.39 Å². The molecule has 2 heteroatoms. The van der Waals surface area contributed by atoms with Gasteiger partial charge in [-0.15, -0.1) is 11.8 Å². The van der Waals surface area contributed by atoms with Crippen LogP contribution in [0.1, 0.15) is 30.5 Å². The quantitative estimate of drug-likeness (QED) is 0.748. The third-order valence-corrected chi connectivity index (χ3v) is 2.36. The molecule has 1 N–H and O–H groups in total. The van der Waals surface area contributed by atoms with Gasteiger partial charge in [-0.2, -0.15) is 0 Å². The molecule has 0 aromatic heterocycles. The lowest BCUT2D eigenvalue weighted by molar-refractivity contribution is 0.543. The summed E-state index contributed by atoms with van der Waals surface area (Å²) in [6.07, 6.45) is 0.632. The maximum atomic E-state index is 13.5. The zero-order valence-electron chi connectivity index (χ0n) is 9.39. The molecule has 1 unspecified atom stereocenters. The lowest BCUT2D eigenvalue weighted by Gasteiger charge is -2.15. The van der Waals surface area contributed by atoms with Crippen LogP contribution < -0.4 is 5.32 Å². The van der Waals surface area contributed by atoms with Crippen molar-refractivity contribution in [2.45, 2.75) is 26.3 Å². The van der Waals surface area contributed by atoms with E-state index in [1.165, 1.54) is 6.07 Å². The van der Waals surface area contributed by atoms with E-state index in [-0.39, 0.29) is 11.9 Å². The molecule has 1 rings (SSSR count). The molecule has 1 aromatic rings. The minimum Gasteiger partial charge on any atom is -0.312 e. The molecule has 0 radical (unpaired) electrons. The van der Waals surface area contributed by atoms with Crippen LogP contribution in [0.25, 0.3) is 0 Å². The van der Waals surface area contributed by atoms with Crippen LogP contribution in [0, 0.1) is 24.6 Å². The first-order chi connectivity index (χ1) is 7.19. The number of benzene rings is 1. The number of halogens is 1. The van der Waals surface area contributed by atoms with E-state index in [9.17, 15) is 4.39 Å². The second kappa shape index (κ2) is 5.53. The summed E-state index contributed by atoms with van der Waals surface area (Å²) in [5.41, 5.74) is 1.76. The summed E-state index contributed by atoms with van der Waals surface area (Å²) >= 11 is 0. The molecule has 0 saturated heterocycles. The molecule has 1 aromatic carbocycles. The topological polar surface area (TPSA) is 12.0 Å². The van der Waals surface area contributed by atoms with Crippen molar-refractivity contribution in [1.82, 2.24) is 5.32 Å². The predicted molar refractivity (Wildman–Crippen MR) is 61.0 cm³/mol. The van der Waals surface area contributed by atoms with Gasteiger partial charge < -0.3 is 5.32 Å². The number of hydrogen-bond acceptors (Lipinski definition) is 1. The van der Waals surface area contributed by atoms with Crippen molar-refractivity contribution >= 4 is 0 Å². The second-order valence-corrected chi connectivity index (χ2v) is 3.50. The number of aryl methyl sites for hydroxylation is 1. The smallest absolute Gasteiger partial charge is 0.128 e. The van der Waals surface area contributed by atoms with E-state index < -0.39 is 0 Å². The van der Waals surface area contributed by atoms with E-state index in [2.05, 4.69) is 17.2 Å². The molecule has 1 nitrogen and oxygen atoms in total. The molecule has 0 spiro atoms. The van der Waals surface area contributed by atoms with Gasteiger partial charge in [-0.1, -0.05) is 17.7 Å². The van der Waals surface area contributed by atoms with Crippen LogP contribution in [-0.4, -0.2) is 7.05 Å². The van der Waals surface area contributed by atoms with Gasteiger partial charge in [0.2, 0.25) is 0 Å². The molecule has 80 valence electrons. The van der Waals surface area contributed by atoms with Gasteiger partial charge in [0.1, 0.15) is 5.82 Å². The van der Waals surface area contributed by atoms with Crippen LogP contribution in [0.15, 0.2) is 18.2 Å². The van der Waals surface area contributed by atoms with Gasteiger partial charge in [0.15, 0.2) is 0 Å². The van der Waals surface area contributed by atoms with Crippen LogP contribution in [-0.2, 0) is 0 Å². The van der Waals surface area contributed by atoms with E-state index in [0.29, 0.717) is 12.0 Å². The molecule has 0 amide bonds. The normalized spacial score (nSPS) is 11.7. The Labute approximate surface area is 90.7 Å². The van der Waals surface area contributed by atoms with Gasteiger partial charge in [0.05, 0.1) is 0 Å². The molecule has 0 fully saturated rings. The summed E-state index contributed by atoms with van der Waals surface area (Å²) in [4.78, 5) is 0. The highest BCUT2D eigenvalue weighted by atomic mass is 19.1. The number of nitrogens with one attached hydrogen (secondary N) is 1. The lowest BCUT2D eigenvalue weighted by atomic mass is 10.0. The highest BCUT2D eigenvalue weighted by Crippen LogP contribution is 2.20. The summed E-state index contributed by atoms with van der Waals surface area (Å²) in [6, 6.07) is 5.12. The maximum Gasteiger partial charge on any atom is 0.128 e. The fourth-order valence-electron chi connectivity index (χ4n) is 1.50. The van der Waals surface area contributed by atoms with Crippen LogP contribution in [0.4, 0.5) is 4.39 Å². The van der Waals surface area contributed by atoms with Gasteiger partial charge in [-0.3, -0.25) is 0 Å². The molecular weight excluding hydrogens is 189 g/mol. The van der Waals surface area contributed by atoms with E-state index in [0.717, 1.165) is 5.56 Å². The van der Waals surface area contributed by atoms with E-state index in [1.54, 1.807) is 13.0 Å². The van der Waals surface area contributed by atoms with Crippen molar-refractivity contribution in [1.29, 1.82) is 0 Å². The standard InChI is InChI=1S/C13H16FN/c1-4-5-6-13(15-3)11-9-10(2)7-8-12(11)14/h7-9,13,15H,6H2,1-3H3. The summed E-state index contributed by atoms with van der Waals surface area (Å²) in [5.74, 6) is 5.62. The Hall–Kier alpha value is -1.33. The number of rotatable bonds is 3. The van der Waals surface area contributed by atoms with Crippen molar-refractivity contribution in [3.8, 4) is 11.8 Å². The van der Waals surface area contributed by atoms with Gasteiger partial charge in [-0.05, 0) is 27.0 Å². The van der Waals surface area contributed by atoms with Crippen LogP contribution in [0.2, 0.25) is 0 Å². The Morgan fingerprint density at radius 1 is 1.47 bits per heavy atom. The largest absolute Gasteiger partial charge is 0.312 e. The molecule has 1 atom stereocenters. The second-order valence-electron chi connectivity index (χ2n) is 3.50. The molecular formula is C13H16FN. The fourth-order valence-corrected chi connectivity index (χ4v) is 1.50. The summed E-state index contributed by atoms with van der Waals surface area (Å²) < 4.78 is 13.5. The Kier molecular flexibility index (Phi) is 4.33. The highest BCUT2D eigenvalue weighted by Gasteiger charge is 2.12. The van der Waals surface area contributed by atoms with Crippen molar-refractivity contribution in [3.63, 3.8) is 0 Å². The average molecular weight is 205 g/mol. The van der Waals surface area contributed by atoms with Gasteiger partial charge in [0.25, 0.3) is 0 Å². The summed E-state index contributed by atoms with van der Waals surface area (Å²) in [6.45, 7) is 3.75. The first-order valence-electron chi connectivity index (χ1n) is 5.02. The molecule has 0 aliphatic rings. The van der Waals surface area contributed by atoms with Crippen molar-refractivity contribution in [2.24, 2.45) is 0 Å². The fraction of sp³-hybridized carbons (Fsp3) is 0.385. The predicted octanol–water partition coefficient (Wildman–Crippen LogP) is 2.81. The lowest BCUT2D eigenvalue weighted by Crippen LogP contribution is -2.17. The van der Waals surface area contributed by atoms with E-state index >= 15 is 0 Å². The summed E-state index contributed by atoms with van der Waals surface area (Å²) in [7, 11) is 1.82. The van der Waals surface area contributed by atoms with Gasteiger partial charge >= 0.3 is 0 Å². The molecule has 0 aliphatic carbocycles. The minimum absolute atomic E-state index is 0.0302. The average Bonchev–Trinajstić information content (AvgIpc) is 2.24. The van der Waals surface area contributed by atoms with Crippen LogP contribution >= 0.6 is 0 Å². The molecule has 0 bridgehead atoms. The molecule has 0 saturated carbocycles. The SMILES string of the molecule is CC#CCC(NC)c1cc(C)ccc1F. The summed E-state index contributed by atoms with van der Waals surface area (Å²) in [5, 5.41) is 3.08. The zero-order valence-corrected chi connectivity index (χ0v) is 9.39. The van der Waals surface area contributed by atoms with Gasteiger partial charge in [0, 0.05) is 18.0 Å². The first-order valence-corrected chi connectivity index (χ1v) is 5.02. The highest BCUT2D eigenvalue weighted by molar-refractivity contribution is 5.27. The maximum absolute atomic E-state index is 13.5. The Morgan fingerprint density at radius 3 is 2.80 bits per heavy atom. The van der Waals surface area contributed by atoms with Gasteiger partial charge in [-0.25, -0.2) is 4.39 Å². The van der Waals surface area contributed by atoms with Crippen LogP contribution in [0.5, 0.6) is 0 Å². The zero-order chi connectivity index (χ0) is 11.3. The third-order valence-electron chi connectivity index (χ3n) is 2.36. The van der Waals surface area contributed by atoms with E-state index in [1.807, 2.05) is 20.0 Å². The first kappa shape index (κ1) is 11.7. The minimum atomic E-state index is -0.169. The molecule has 0 aliphatic heterocycles. The van der Waals surface area contributed by atoms with E-state index in [4.69, 9.17) is 0 Å². The monoisotopic (exact) mass is 205 g/mol. The Balaban J connectivity index is 2.98. The van der Waals surface area contributed by atoms with Crippen molar-refractivity contribution in [3.05, 3.63) is 35.1 Å². The third kappa shape index (κ3) is 3.07. The Morgan fingerprint density at radius 2 is 2.20 bits per heavy atom. The molecule has 0 heterocycles. The van der Waals surface area contributed by atoms with Crippen molar-refractivity contribution in [2.75, 3.05) is 7.05 Å². The Bertz CT molecular complexity index is 387.